The highest BCUT2D eigenvalue weighted by atomic mass is 16.5. The molecular formula is C23H26N2O3. The van der Waals surface area contributed by atoms with Gasteiger partial charge in [0.1, 0.15) is 11.8 Å². The van der Waals surface area contributed by atoms with Gasteiger partial charge in [-0.15, -0.1) is 0 Å². The molecule has 1 amide bonds. The molecule has 1 aromatic heterocycles. The zero-order valence-electron chi connectivity index (χ0n) is 16.7. The van der Waals surface area contributed by atoms with Crippen LogP contribution in [0.5, 0.6) is 5.75 Å². The highest BCUT2D eigenvalue weighted by molar-refractivity contribution is 5.93. The van der Waals surface area contributed by atoms with Crippen LogP contribution in [0.4, 0.5) is 5.69 Å². The summed E-state index contributed by atoms with van der Waals surface area (Å²) in [4.78, 5) is 25.5. The second-order valence-electron chi connectivity index (χ2n) is 7.16. The summed E-state index contributed by atoms with van der Waals surface area (Å²) < 4.78 is 7.15. The Bertz CT molecular complexity index is 1040. The Morgan fingerprint density at radius 2 is 1.79 bits per heavy atom. The van der Waals surface area contributed by atoms with Gasteiger partial charge in [-0.25, -0.2) is 0 Å². The standard InChI is InChI=1S/C23H26N2O3/c1-5-17-6-8-19(9-7-17)24-22(26)16(4)25-13-12-18-14-20(28-15(2)3)10-11-21(18)23(25)27/h6-16H,5H2,1-4H3,(H,24,26). The summed E-state index contributed by atoms with van der Waals surface area (Å²) >= 11 is 0. The molecule has 1 atom stereocenters. The number of nitrogens with zero attached hydrogens (tertiary/aromatic N) is 1. The van der Waals surface area contributed by atoms with Crippen molar-refractivity contribution in [2.45, 2.75) is 46.3 Å². The molecule has 0 saturated carbocycles. The fourth-order valence-corrected chi connectivity index (χ4v) is 3.09. The SMILES string of the molecule is CCc1ccc(NC(=O)C(C)n2ccc3cc(OC(C)C)ccc3c2=O)cc1. The third kappa shape index (κ3) is 4.25. The van der Waals surface area contributed by atoms with E-state index in [-0.39, 0.29) is 17.6 Å². The van der Waals surface area contributed by atoms with Gasteiger partial charge >= 0.3 is 0 Å². The predicted molar refractivity (Wildman–Crippen MR) is 113 cm³/mol. The van der Waals surface area contributed by atoms with Crippen LogP contribution in [0.15, 0.2) is 59.5 Å². The van der Waals surface area contributed by atoms with Gasteiger partial charge in [0, 0.05) is 17.3 Å². The minimum Gasteiger partial charge on any atom is -0.491 e. The van der Waals surface area contributed by atoms with E-state index < -0.39 is 6.04 Å². The first-order valence-corrected chi connectivity index (χ1v) is 9.60. The van der Waals surface area contributed by atoms with E-state index in [1.807, 2.05) is 50.2 Å². The van der Waals surface area contributed by atoms with E-state index in [0.717, 1.165) is 23.2 Å². The lowest BCUT2D eigenvalue weighted by atomic mass is 10.1. The van der Waals surface area contributed by atoms with E-state index in [0.29, 0.717) is 5.39 Å². The maximum Gasteiger partial charge on any atom is 0.259 e. The van der Waals surface area contributed by atoms with Gasteiger partial charge in [-0.1, -0.05) is 19.1 Å². The third-order valence-corrected chi connectivity index (χ3v) is 4.70. The topological polar surface area (TPSA) is 60.3 Å². The summed E-state index contributed by atoms with van der Waals surface area (Å²) in [5.41, 5.74) is 1.73. The van der Waals surface area contributed by atoms with Gasteiger partial charge in [-0.3, -0.25) is 9.59 Å². The molecule has 1 N–H and O–H groups in total. The molecule has 0 bridgehead atoms. The molecule has 0 spiro atoms. The van der Waals surface area contributed by atoms with Crippen LogP contribution in [0, 0.1) is 0 Å². The van der Waals surface area contributed by atoms with E-state index >= 15 is 0 Å². The molecule has 5 nitrogen and oxygen atoms in total. The van der Waals surface area contributed by atoms with Gasteiger partial charge < -0.3 is 14.6 Å². The van der Waals surface area contributed by atoms with Crippen molar-refractivity contribution in [3.63, 3.8) is 0 Å². The van der Waals surface area contributed by atoms with Gasteiger partial charge in [0.05, 0.1) is 6.10 Å². The van der Waals surface area contributed by atoms with Crippen LogP contribution < -0.4 is 15.6 Å². The normalized spacial score (nSPS) is 12.2. The fourth-order valence-electron chi connectivity index (χ4n) is 3.09. The van der Waals surface area contributed by atoms with Gasteiger partial charge in [0.2, 0.25) is 5.91 Å². The van der Waals surface area contributed by atoms with Gasteiger partial charge in [0.15, 0.2) is 0 Å². The summed E-state index contributed by atoms with van der Waals surface area (Å²) in [6.07, 6.45) is 2.67. The average molecular weight is 378 g/mol. The number of aromatic nitrogens is 1. The molecule has 3 aromatic rings. The molecule has 0 aliphatic rings. The minimum absolute atomic E-state index is 0.0629. The Morgan fingerprint density at radius 1 is 1.07 bits per heavy atom. The lowest BCUT2D eigenvalue weighted by Gasteiger charge is -2.16. The number of fused-ring (bicyclic) bond motifs is 1. The van der Waals surface area contributed by atoms with Crippen LogP contribution in [-0.2, 0) is 11.2 Å². The smallest absolute Gasteiger partial charge is 0.259 e. The lowest BCUT2D eigenvalue weighted by Crippen LogP contribution is -2.31. The first kappa shape index (κ1) is 19.7. The Balaban J connectivity index is 1.84. The van der Waals surface area contributed by atoms with E-state index in [2.05, 4.69) is 12.2 Å². The second kappa shape index (κ2) is 8.30. The van der Waals surface area contributed by atoms with Crippen molar-refractivity contribution in [1.82, 2.24) is 4.57 Å². The molecule has 0 saturated heterocycles. The highest BCUT2D eigenvalue weighted by Crippen LogP contribution is 2.20. The minimum atomic E-state index is -0.630. The summed E-state index contributed by atoms with van der Waals surface area (Å²) in [7, 11) is 0. The number of carbonyl (C=O) groups excluding carboxylic acids is 1. The van der Waals surface area contributed by atoms with E-state index in [1.165, 1.54) is 10.1 Å². The zero-order valence-corrected chi connectivity index (χ0v) is 16.7. The molecule has 2 aromatic carbocycles. The number of carbonyl (C=O) groups is 1. The first-order valence-electron chi connectivity index (χ1n) is 9.60. The third-order valence-electron chi connectivity index (χ3n) is 4.70. The average Bonchev–Trinajstić information content (AvgIpc) is 2.68. The lowest BCUT2D eigenvalue weighted by molar-refractivity contribution is -0.118. The molecular weight excluding hydrogens is 352 g/mol. The number of ether oxygens (including phenoxy) is 1. The molecule has 0 aliphatic heterocycles. The quantitative estimate of drug-likeness (QED) is 0.684. The number of nitrogens with one attached hydrogen (secondary N) is 1. The Labute approximate surface area is 165 Å². The molecule has 0 aliphatic carbocycles. The number of amides is 1. The highest BCUT2D eigenvalue weighted by Gasteiger charge is 2.17. The van der Waals surface area contributed by atoms with Crippen LogP contribution >= 0.6 is 0 Å². The Morgan fingerprint density at radius 3 is 2.43 bits per heavy atom. The van der Waals surface area contributed by atoms with E-state index in [1.54, 1.807) is 25.3 Å². The summed E-state index contributed by atoms with van der Waals surface area (Å²) in [5, 5.41) is 4.23. The molecule has 28 heavy (non-hydrogen) atoms. The fraction of sp³-hybridized carbons (Fsp3) is 0.304. The summed E-state index contributed by atoms with van der Waals surface area (Å²) in [6, 6.07) is 14.3. The van der Waals surface area contributed by atoms with Crippen molar-refractivity contribution in [1.29, 1.82) is 0 Å². The number of rotatable bonds is 6. The summed E-state index contributed by atoms with van der Waals surface area (Å²) in [6.45, 7) is 7.72. The largest absolute Gasteiger partial charge is 0.491 e. The molecule has 3 rings (SSSR count). The molecule has 1 heterocycles. The van der Waals surface area contributed by atoms with Gasteiger partial charge in [-0.2, -0.15) is 0 Å². The van der Waals surface area contributed by atoms with Crippen molar-refractivity contribution in [2.24, 2.45) is 0 Å². The monoisotopic (exact) mass is 378 g/mol. The van der Waals surface area contributed by atoms with E-state index in [4.69, 9.17) is 4.74 Å². The number of anilines is 1. The first-order chi connectivity index (χ1) is 13.4. The maximum atomic E-state index is 12.9. The van der Waals surface area contributed by atoms with Crippen LogP contribution in [0.2, 0.25) is 0 Å². The number of pyridine rings is 1. The van der Waals surface area contributed by atoms with Crippen molar-refractivity contribution in [3.05, 3.63) is 70.6 Å². The van der Waals surface area contributed by atoms with Crippen molar-refractivity contribution < 1.29 is 9.53 Å². The van der Waals surface area contributed by atoms with Crippen LogP contribution in [-0.4, -0.2) is 16.6 Å². The number of hydrogen-bond donors (Lipinski definition) is 1. The van der Waals surface area contributed by atoms with Gasteiger partial charge in [-0.05, 0) is 74.5 Å². The number of hydrogen-bond acceptors (Lipinski definition) is 3. The van der Waals surface area contributed by atoms with Crippen LogP contribution in [0.25, 0.3) is 10.8 Å². The molecule has 0 fully saturated rings. The molecule has 146 valence electrons. The molecule has 0 radical (unpaired) electrons. The molecule has 5 heteroatoms. The van der Waals surface area contributed by atoms with Crippen molar-refractivity contribution in [2.75, 3.05) is 5.32 Å². The van der Waals surface area contributed by atoms with E-state index in [9.17, 15) is 9.59 Å². The Hall–Kier alpha value is -3.08. The number of aryl methyl sites for hydroxylation is 1. The predicted octanol–water partition coefficient (Wildman–Crippen LogP) is 4.55. The van der Waals surface area contributed by atoms with Gasteiger partial charge in [0.25, 0.3) is 5.56 Å². The maximum absolute atomic E-state index is 12.9. The van der Waals surface area contributed by atoms with Crippen molar-refractivity contribution >= 4 is 22.4 Å². The van der Waals surface area contributed by atoms with Crippen LogP contribution in [0.1, 0.15) is 39.3 Å². The second-order valence-corrected chi connectivity index (χ2v) is 7.16. The van der Waals surface area contributed by atoms with Crippen LogP contribution in [0.3, 0.4) is 0 Å². The van der Waals surface area contributed by atoms with Crippen molar-refractivity contribution in [3.8, 4) is 5.75 Å². The summed E-state index contributed by atoms with van der Waals surface area (Å²) in [5.74, 6) is 0.492. The zero-order chi connectivity index (χ0) is 20.3. The molecule has 1 unspecified atom stereocenters. The number of benzene rings is 2. The Kier molecular flexibility index (Phi) is 5.83.